The van der Waals surface area contributed by atoms with E-state index in [2.05, 4.69) is 11.8 Å². The predicted molar refractivity (Wildman–Crippen MR) is 74.6 cm³/mol. The standard InChI is InChI=1S/C13H18Cl2N2/c1-2-10-4-3-5-17(10)8-9-6-11(14)13(16)12(15)7-9/h6-7,10H,2-5,8,16H2,1H3. The molecular weight excluding hydrogens is 255 g/mol. The highest BCUT2D eigenvalue weighted by atomic mass is 35.5. The molecule has 1 atom stereocenters. The molecule has 0 saturated carbocycles. The van der Waals surface area contributed by atoms with E-state index in [0.29, 0.717) is 21.8 Å². The van der Waals surface area contributed by atoms with Crippen molar-refractivity contribution in [1.29, 1.82) is 0 Å². The molecule has 17 heavy (non-hydrogen) atoms. The van der Waals surface area contributed by atoms with Crippen LogP contribution in [-0.2, 0) is 6.54 Å². The van der Waals surface area contributed by atoms with Gasteiger partial charge in [0, 0.05) is 12.6 Å². The van der Waals surface area contributed by atoms with E-state index in [1.165, 1.54) is 19.3 Å². The number of nitrogen functional groups attached to an aromatic ring is 1. The summed E-state index contributed by atoms with van der Waals surface area (Å²) in [4.78, 5) is 2.50. The van der Waals surface area contributed by atoms with Gasteiger partial charge in [0.25, 0.3) is 0 Å². The molecule has 1 fully saturated rings. The lowest BCUT2D eigenvalue weighted by Crippen LogP contribution is -2.28. The first kappa shape index (κ1) is 13.0. The van der Waals surface area contributed by atoms with E-state index >= 15 is 0 Å². The Morgan fingerprint density at radius 3 is 2.59 bits per heavy atom. The van der Waals surface area contributed by atoms with E-state index in [-0.39, 0.29) is 0 Å². The van der Waals surface area contributed by atoms with Gasteiger partial charge in [-0.3, -0.25) is 4.90 Å². The molecule has 1 aromatic rings. The molecule has 0 bridgehead atoms. The molecule has 94 valence electrons. The second-order valence-corrected chi connectivity index (χ2v) is 5.46. The van der Waals surface area contributed by atoms with E-state index < -0.39 is 0 Å². The Bertz CT molecular complexity index is 383. The van der Waals surface area contributed by atoms with Crippen LogP contribution in [0.25, 0.3) is 0 Å². The van der Waals surface area contributed by atoms with E-state index in [0.717, 1.165) is 18.7 Å². The highest BCUT2D eigenvalue weighted by molar-refractivity contribution is 6.38. The fourth-order valence-corrected chi connectivity index (χ4v) is 3.06. The second kappa shape index (κ2) is 5.47. The normalized spacial score (nSPS) is 21.0. The van der Waals surface area contributed by atoms with Crippen molar-refractivity contribution in [3.63, 3.8) is 0 Å². The van der Waals surface area contributed by atoms with E-state index in [4.69, 9.17) is 28.9 Å². The van der Waals surface area contributed by atoms with Gasteiger partial charge in [0.15, 0.2) is 0 Å². The first-order valence-corrected chi connectivity index (χ1v) is 6.85. The summed E-state index contributed by atoms with van der Waals surface area (Å²) in [6.07, 6.45) is 3.79. The Morgan fingerprint density at radius 2 is 2.00 bits per heavy atom. The first-order chi connectivity index (χ1) is 8.11. The second-order valence-electron chi connectivity index (χ2n) is 4.65. The minimum atomic E-state index is 0.477. The van der Waals surface area contributed by atoms with Crippen LogP contribution in [0.3, 0.4) is 0 Å². The third kappa shape index (κ3) is 2.87. The van der Waals surface area contributed by atoms with Gasteiger partial charge in [-0.25, -0.2) is 0 Å². The fraction of sp³-hybridized carbons (Fsp3) is 0.538. The van der Waals surface area contributed by atoms with Crippen molar-refractivity contribution in [2.24, 2.45) is 0 Å². The lowest BCUT2D eigenvalue weighted by molar-refractivity contribution is 0.240. The third-order valence-corrected chi connectivity index (χ3v) is 4.12. The monoisotopic (exact) mass is 272 g/mol. The number of nitrogens with two attached hydrogens (primary N) is 1. The summed E-state index contributed by atoms with van der Waals surface area (Å²) in [5.74, 6) is 0. The summed E-state index contributed by atoms with van der Waals surface area (Å²) in [7, 11) is 0. The average Bonchev–Trinajstić information content (AvgIpc) is 2.73. The third-order valence-electron chi connectivity index (χ3n) is 3.49. The molecule has 2 nitrogen and oxygen atoms in total. The first-order valence-electron chi connectivity index (χ1n) is 6.09. The zero-order chi connectivity index (χ0) is 12.4. The van der Waals surface area contributed by atoms with Crippen LogP contribution in [0.5, 0.6) is 0 Å². The van der Waals surface area contributed by atoms with Crippen molar-refractivity contribution >= 4 is 28.9 Å². The molecule has 0 radical (unpaired) electrons. The minimum Gasteiger partial charge on any atom is -0.396 e. The molecule has 0 spiro atoms. The van der Waals surface area contributed by atoms with Crippen LogP contribution in [0.15, 0.2) is 12.1 Å². The minimum absolute atomic E-state index is 0.477. The fourth-order valence-electron chi connectivity index (χ4n) is 2.53. The SMILES string of the molecule is CCC1CCCN1Cc1cc(Cl)c(N)c(Cl)c1. The van der Waals surface area contributed by atoms with Crippen LogP contribution in [-0.4, -0.2) is 17.5 Å². The number of halogens is 2. The number of hydrogen-bond acceptors (Lipinski definition) is 2. The van der Waals surface area contributed by atoms with Gasteiger partial charge in [-0.15, -0.1) is 0 Å². The molecule has 2 N–H and O–H groups in total. The van der Waals surface area contributed by atoms with Crippen LogP contribution < -0.4 is 5.73 Å². The Hall–Kier alpha value is -0.440. The lowest BCUT2D eigenvalue weighted by atomic mass is 10.1. The maximum absolute atomic E-state index is 6.05. The molecule has 0 amide bonds. The largest absolute Gasteiger partial charge is 0.396 e. The van der Waals surface area contributed by atoms with E-state index in [9.17, 15) is 0 Å². The molecule has 1 aliphatic heterocycles. The van der Waals surface area contributed by atoms with Gasteiger partial charge in [-0.05, 0) is 43.5 Å². The maximum atomic E-state index is 6.05. The Kier molecular flexibility index (Phi) is 4.18. The number of benzene rings is 1. The molecule has 2 rings (SSSR count). The quantitative estimate of drug-likeness (QED) is 0.845. The van der Waals surface area contributed by atoms with Crippen LogP contribution in [0.1, 0.15) is 31.7 Å². The molecular formula is C13H18Cl2N2. The number of likely N-dealkylation sites (tertiary alicyclic amines) is 1. The molecule has 1 saturated heterocycles. The summed E-state index contributed by atoms with van der Waals surface area (Å²) in [6.45, 7) is 4.32. The smallest absolute Gasteiger partial charge is 0.0693 e. The summed E-state index contributed by atoms with van der Waals surface area (Å²) in [5.41, 5.74) is 7.36. The van der Waals surface area contributed by atoms with Crippen LogP contribution in [0.4, 0.5) is 5.69 Å². The summed E-state index contributed by atoms with van der Waals surface area (Å²) < 4.78 is 0. The molecule has 1 aromatic carbocycles. The molecule has 4 heteroatoms. The average molecular weight is 273 g/mol. The Balaban J connectivity index is 2.13. The number of rotatable bonds is 3. The zero-order valence-electron chi connectivity index (χ0n) is 10.0. The Labute approximate surface area is 113 Å². The number of hydrogen-bond donors (Lipinski definition) is 1. The highest BCUT2D eigenvalue weighted by Gasteiger charge is 2.22. The summed E-state index contributed by atoms with van der Waals surface area (Å²) >= 11 is 12.1. The van der Waals surface area contributed by atoms with Gasteiger partial charge in [0.1, 0.15) is 0 Å². The van der Waals surface area contributed by atoms with Crippen molar-refractivity contribution in [2.45, 2.75) is 38.8 Å². The zero-order valence-corrected chi connectivity index (χ0v) is 11.6. The van der Waals surface area contributed by atoms with Gasteiger partial charge in [0.2, 0.25) is 0 Å². The van der Waals surface area contributed by atoms with Crippen LogP contribution in [0, 0.1) is 0 Å². The van der Waals surface area contributed by atoms with Crippen LogP contribution in [0.2, 0.25) is 10.0 Å². The summed E-state index contributed by atoms with van der Waals surface area (Å²) in [6, 6.07) is 4.55. The van der Waals surface area contributed by atoms with Gasteiger partial charge >= 0.3 is 0 Å². The molecule has 1 heterocycles. The molecule has 0 aromatic heterocycles. The van der Waals surface area contributed by atoms with Crippen molar-refractivity contribution in [3.8, 4) is 0 Å². The Morgan fingerprint density at radius 1 is 1.35 bits per heavy atom. The lowest BCUT2D eigenvalue weighted by Gasteiger charge is -2.23. The van der Waals surface area contributed by atoms with Gasteiger partial charge in [-0.2, -0.15) is 0 Å². The maximum Gasteiger partial charge on any atom is 0.0693 e. The highest BCUT2D eigenvalue weighted by Crippen LogP contribution is 2.30. The number of anilines is 1. The van der Waals surface area contributed by atoms with E-state index in [1.54, 1.807) is 0 Å². The summed E-state index contributed by atoms with van der Waals surface area (Å²) in [5, 5.41) is 1.11. The van der Waals surface area contributed by atoms with Gasteiger partial charge in [0.05, 0.1) is 15.7 Å². The molecule has 0 aliphatic carbocycles. The van der Waals surface area contributed by atoms with Crippen molar-refractivity contribution < 1.29 is 0 Å². The molecule has 1 unspecified atom stereocenters. The number of nitrogens with zero attached hydrogens (tertiary/aromatic N) is 1. The molecule has 1 aliphatic rings. The topological polar surface area (TPSA) is 29.3 Å². The van der Waals surface area contributed by atoms with E-state index in [1.807, 2.05) is 12.1 Å². The van der Waals surface area contributed by atoms with Crippen molar-refractivity contribution in [3.05, 3.63) is 27.7 Å². The van der Waals surface area contributed by atoms with Gasteiger partial charge < -0.3 is 5.73 Å². The van der Waals surface area contributed by atoms with Crippen molar-refractivity contribution in [2.75, 3.05) is 12.3 Å². The predicted octanol–water partition coefficient (Wildman–Crippen LogP) is 3.95. The van der Waals surface area contributed by atoms with Crippen molar-refractivity contribution in [1.82, 2.24) is 4.90 Å². The van der Waals surface area contributed by atoms with Crippen LogP contribution >= 0.6 is 23.2 Å². The van der Waals surface area contributed by atoms with Gasteiger partial charge in [-0.1, -0.05) is 30.1 Å².